The second-order valence-electron chi connectivity index (χ2n) is 7.26. The molecule has 2 rings (SSSR count). The molecule has 2 aliphatic carbocycles. The molecule has 4 nitrogen and oxygen atoms in total. The van der Waals surface area contributed by atoms with Crippen LogP contribution >= 0.6 is 0 Å². The zero-order valence-electron chi connectivity index (χ0n) is 13.3. The van der Waals surface area contributed by atoms with E-state index in [1.807, 2.05) is 0 Å². The Kier molecular flexibility index (Phi) is 5.11. The molecule has 3 atom stereocenters. The number of aliphatic hydroxyl groups excluding tert-OH is 2. The maximum atomic E-state index is 9.01. The van der Waals surface area contributed by atoms with Crippen LogP contribution in [-0.2, 0) is 4.74 Å². The molecular weight excluding hydrogens is 254 g/mol. The van der Waals surface area contributed by atoms with Crippen LogP contribution in [0.5, 0.6) is 0 Å². The van der Waals surface area contributed by atoms with Gasteiger partial charge in [0, 0.05) is 19.6 Å². The van der Waals surface area contributed by atoms with Gasteiger partial charge in [-0.1, -0.05) is 20.8 Å². The Hall–Kier alpha value is -0.160. The van der Waals surface area contributed by atoms with Gasteiger partial charge < -0.3 is 14.9 Å². The van der Waals surface area contributed by atoms with Crippen LogP contribution < -0.4 is 0 Å². The third kappa shape index (κ3) is 2.76. The lowest BCUT2D eigenvalue weighted by Gasteiger charge is -2.39. The molecule has 2 bridgehead atoms. The molecule has 0 heterocycles. The summed E-state index contributed by atoms with van der Waals surface area (Å²) in [6.45, 7) is 10.2. The Labute approximate surface area is 123 Å². The van der Waals surface area contributed by atoms with E-state index in [1.54, 1.807) is 0 Å². The maximum Gasteiger partial charge on any atom is 0.0637 e. The van der Waals surface area contributed by atoms with E-state index < -0.39 is 0 Å². The van der Waals surface area contributed by atoms with E-state index >= 15 is 0 Å². The van der Waals surface area contributed by atoms with Crippen LogP contribution in [0, 0.1) is 16.7 Å². The minimum atomic E-state index is 0.135. The molecule has 0 unspecified atom stereocenters. The van der Waals surface area contributed by atoms with Gasteiger partial charge in [0.1, 0.15) is 0 Å². The molecule has 0 aromatic heterocycles. The number of hydrogen-bond acceptors (Lipinski definition) is 4. The van der Waals surface area contributed by atoms with E-state index in [0.29, 0.717) is 36.6 Å². The zero-order chi connectivity index (χ0) is 14.8. The molecule has 118 valence electrons. The van der Waals surface area contributed by atoms with Crippen molar-refractivity contribution in [2.24, 2.45) is 16.7 Å². The molecule has 0 amide bonds. The molecule has 0 aliphatic heterocycles. The number of nitrogens with zero attached hydrogens (tertiary/aromatic N) is 1. The molecule has 2 aliphatic rings. The van der Waals surface area contributed by atoms with Gasteiger partial charge in [0.15, 0.2) is 0 Å². The van der Waals surface area contributed by atoms with Crippen molar-refractivity contribution >= 4 is 0 Å². The number of rotatable bonds is 8. The normalized spacial score (nSPS) is 35.1. The highest BCUT2D eigenvalue weighted by atomic mass is 16.5. The number of aliphatic hydroxyl groups is 2. The molecular formula is C16H31NO3. The Morgan fingerprint density at radius 1 is 1.10 bits per heavy atom. The van der Waals surface area contributed by atoms with Crippen LogP contribution in [0.25, 0.3) is 0 Å². The monoisotopic (exact) mass is 285 g/mol. The number of ether oxygens (including phenoxy) is 1. The first-order valence-electron chi connectivity index (χ1n) is 8.01. The summed E-state index contributed by atoms with van der Waals surface area (Å²) in [5.41, 5.74) is 0.712. The Balaban J connectivity index is 1.81. The summed E-state index contributed by atoms with van der Waals surface area (Å²) in [5, 5.41) is 18.0. The zero-order valence-corrected chi connectivity index (χ0v) is 13.3. The largest absolute Gasteiger partial charge is 0.395 e. The summed E-state index contributed by atoms with van der Waals surface area (Å²) in [7, 11) is 0. The highest BCUT2D eigenvalue weighted by Gasteiger charge is 2.61. The second kappa shape index (κ2) is 6.30. The van der Waals surface area contributed by atoms with Crippen LogP contribution in [0.3, 0.4) is 0 Å². The van der Waals surface area contributed by atoms with Gasteiger partial charge in [0.05, 0.1) is 25.9 Å². The predicted octanol–water partition coefficient (Wildman–Crippen LogP) is 1.50. The van der Waals surface area contributed by atoms with Crippen molar-refractivity contribution in [1.82, 2.24) is 4.90 Å². The van der Waals surface area contributed by atoms with E-state index in [-0.39, 0.29) is 13.2 Å². The molecule has 4 heteroatoms. The molecule has 0 saturated heterocycles. The van der Waals surface area contributed by atoms with E-state index in [2.05, 4.69) is 25.7 Å². The molecule has 2 N–H and O–H groups in total. The van der Waals surface area contributed by atoms with Gasteiger partial charge in [-0.3, -0.25) is 4.90 Å². The van der Waals surface area contributed by atoms with Gasteiger partial charge in [0.2, 0.25) is 0 Å². The summed E-state index contributed by atoms with van der Waals surface area (Å²) in [4.78, 5) is 2.06. The average molecular weight is 285 g/mol. The smallest absolute Gasteiger partial charge is 0.0637 e. The van der Waals surface area contributed by atoms with E-state index in [4.69, 9.17) is 14.9 Å². The summed E-state index contributed by atoms with van der Waals surface area (Å²) < 4.78 is 6.19. The molecule has 0 aromatic rings. The minimum absolute atomic E-state index is 0.135. The molecule has 0 radical (unpaired) electrons. The van der Waals surface area contributed by atoms with Crippen LogP contribution in [0.15, 0.2) is 0 Å². The van der Waals surface area contributed by atoms with Crippen LogP contribution in [0.1, 0.15) is 40.0 Å². The van der Waals surface area contributed by atoms with Crippen molar-refractivity contribution < 1.29 is 14.9 Å². The summed E-state index contributed by atoms with van der Waals surface area (Å²) in [6.07, 6.45) is 4.21. The fourth-order valence-corrected chi connectivity index (χ4v) is 4.32. The van der Waals surface area contributed by atoms with E-state index in [9.17, 15) is 0 Å². The third-order valence-corrected chi connectivity index (χ3v) is 6.27. The Bertz CT molecular complexity index is 315. The lowest BCUT2D eigenvalue weighted by Crippen LogP contribution is -2.39. The van der Waals surface area contributed by atoms with Gasteiger partial charge in [-0.25, -0.2) is 0 Å². The minimum Gasteiger partial charge on any atom is -0.395 e. The van der Waals surface area contributed by atoms with Crippen molar-refractivity contribution in [1.29, 1.82) is 0 Å². The van der Waals surface area contributed by atoms with Crippen LogP contribution in [0.4, 0.5) is 0 Å². The molecule has 0 spiro atoms. The summed E-state index contributed by atoms with van der Waals surface area (Å²) >= 11 is 0. The third-order valence-electron chi connectivity index (χ3n) is 6.27. The summed E-state index contributed by atoms with van der Waals surface area (Å²) in [6, 6.07) is 0. The predicted molar refractivity (Wildman–Crippen MR) is 79.6 cm³/mol. The first-order chi connectivity index (χ1) is 9.45. The van der Waals surface area contributed by atoms with Crippen molar-refractivity contribution in [3.63, 3.8) is 0 Å². The first-order valence-corrected chi connectivity index (χ1v) is 8.01. The first kappa shape index (κ1) is 16.2. The fourth-order valence-electron chi connectivity index (χ4n) is 4.32. The van der Waals surface area contributed by atoms with Gasteiger partial charge in [-0.2, -0.15) is 0 Å². The number of hydrogen-bond donors (Lipinski definition) is 2. The van der Waals surface area contributed by atoms with Gasteiger partial charge in [-0.15, -0.1) is 0 Å². The Morgan fingerprint density at radius 3 is 2.20 bits per heavy atom. The van der Waals surface area contributed by atoms with Gasteiger partial charge in [0.25, 0.3) is 0 Å². The molecule has 2 saturated carbocycles. The van der Waals surface area contributed by atoms with Crippen molar-refractivity contribution in [2.75, 3.05) is 39.5 Å². The fraction of sp³-hybridized carbons (Fsp3) is 1.00. The van der Waals surface area contributed by atoms with Crippen LogP contribution in [0.2, 0.25) is 0 Å². The highest BCUT2D eigenvalue weighted by Crippen LogP contribution is 2.66. The summed E-state index contributed by atoms with van der Waals surface area (Å²) in [5.74, 6) is 0.809. The van der Waals surface area contributed by atoms with Gasteiger partial charge >= 0.3 is 0 Å². The molecule has 20 heavy (non-hydrogen) atoms. The lowest BCUT2D eigenvalue weighted by molar-refractivity contribution is -0.0529. The standard InChI is InChI=1S/C16H31NO3/c1-15(2)13-4-5-16(15,3)14(12-13)20-11-8-17(6-9-18)7-10-19/h13-14,18-19H,4-12H2,1-3H3/t13-,14-,16-/m1/s1. The highest BCUT2D eigenvalue weighted by molar-refractivity contribution is 5.11. The van der Waals surface area contributed by atoms with Crippen molar-refractivity contribution in [3.05, 3.63) is 0 Å². The number of fused-ring (bicyclic) bond motifs is 2. The SMILES string of the molecule is CC1(C)[C@@H]2CC[C@]1(C)[C@H](OCCN(CCO)CCO)C2. The average Bonchev–Trinajstić information content (AvgIpc) is 2.72. The van der Waals surface area contributed by atoms with Crippen molar-refractivity contribution in [2.45, 2.75) is 46.1 Å². The van der Waals surface area contributed by atoms with E-state index in [1.165, 1.54) is 19.3 Å². The Morgan fingerprint density at radius 2 is 1.75 bits per heavy atom. The second-order valence-corrected chi connectivity index (χ2v) is 7.26. The van der Waals surface area contributed by atoms with Crippen molar-refractivity contribution in [3.8, 4) is 0 Å². The van der Waals surface area contributed by atoms with Gasteiger partial charge in [-0.05, 0) is 36.0 Å². The molecule has 2 fully saturated rings. The van der Waals surface area contributed by atoms with E-state index in [0.717, 1.165) is 12.5 Å². The topological polar surface area (TPSA) is 52.9 Å². The maximum absolute atomic E-state index is 9.01. The molecule has 0 aromatic carbocycles. The quantitative estimate of drug-likeness (QED) is 0.710. The lowest BCUT2D eigenvalue weighted by atomic mass is 9.70. The van der Waals surface area contributed by atoms with Crippen LogP contribution in [-0.4, -0.2) is 60.7 Å².